The van der Waals surface area contributed by atoms with Crippen LogP contribution in [0.25, 0.3) is 6.08 Å². The average Bonchev–Trinajstić information content (AvgIpc) is 2.93. The number of benzene rings is 2. The molecule has 1 N–H and O–H groups in total. The van der Waals surface area contributed by atoms with Crippen LogP contribution in [0.5, 0.6) is 0 Å². The molecule has 1 aliphatic heterocycles. The van der Waals surface area contributed by atoms with Crippen LogP contribution in [0.1, 0.15) is 15.9 Å². The highest BCUT2D eigenvalue weighted by molar-refractivity contribution is 8.18. The van der Waals surface area contributed by atoms with Gasteiger partial charge < -0.3 is 5.32 Å². The van der Waals surface area contributed by atoms with Crippen molar-refractivity contribution in [3.8, 4) is 0 Å². The molecule has 150 valence electrons. The highest BCUT2D eigenvalue weighted by Crippen LogP contribution is 2.32. The molecule has 2 aromatic carbocycles. The van der Waals surface area contributed by atoms with E-state index in [1.165, 1.54) is 24.3 Å². The minimum atomic E-state index is -0.801. The molecule has 1 fully saturated rings. The topological polar surface area (TPSA) is 66.5 Å². The maximum Gasteiger partial charge on any atom is 0.293 e. The Balaban J connectivity index is 1.63. The van der Waals surface area contributed by atoms with E-state index in [1.807, 2.05) is 0 Å². The van der Waals surface area contributed by atoms with Crippen molar-refractivity contribution in [1.82, 2.24) is 10.2 Å². The number of thioether (sulfide) groups is 1. The predicted octanol–water partition coefficient (Wildman–Crippen LogP) is 4.74. The smallest absolute Gasteiger partial charge is 0.293 e. The van der Waals surface area contributed by atoms with Crippen LogP contribution in [0.2, 0.25) is 10.0 Å². The van der Waals surface area contributed by atoms with Gasteiger partial charge in [-0.25, -0.2) is 8.78 Å². The first-order valence-electron chi connectivity index (χ1n) is 8.20. The van der Waals surface area contributed by atoms with Crippen molar-refractivity contribution in [2.45, 2.75) is 0 Å². The summed E-state index contributed by atoms with van der Waals surface area (Å²) >= 11 is 12.2. The number of halogens is 4. The van der Waals surface area contributed by atoms with Crippen LogP contribution in [0.15, 0.2) is 41.3 Å². The van der Waals surface area contributed by atoms with Crippen LogP contribution >= 0.6 is 35.0 Å². The maximum absolute atomic E-state index is 13.7. The highest BCUT2D eigenvalue weighted by Gasteiger charge is 2.34. The molecule has 0 aromatic heterocycles. The van der Waals surface area contributed by atoms with E-state index >= 15 is 0 Å². The normalized spacial score (nSPS) is 15.3. The molecule has 1 heterocycles. The third-order valence-electron chi connectivity index (χ3n) is 3.94. The van der Waals surface area contributed by atoms with Gasteiger partial charge in [0.1, 0.15) is 11.6 Å². The summed E-state index contributed by atoms with van der Waals surface area (Å²) in [6, 6.07) is 7.86. The molecule has 3 amide bonds. The molecule has 0 spiro atoms. The van der Waals surface area contributed by atoms with Gasteiger partial charge >= 0.3 is 0 Å². The van der Waals surface area contributed by atoms with Crippen molar-refractivity contribution in [2.24, 2.45) is 0 Å². The van der Waals surface area contributed by atoms with Crippen LogP contribution in [0, 0.1) is 11.6 Å². The lowest BCUT2D eigenvalue weighted by Gasteiger charge is -2.13. The molecule has 1 saturated heterocycles. The van der Waals surface area contributed by atoms with E-state index in [-0.39, 0.29) is 39.2 Å². The standard InChI is InChI=1S/C19H12Cl2F2N2O3S/c20-12-9-13(21)15(23)8-11(12)17(26)24-5-6-25-18(27)16(29-19(25)28)7-10-3-1-2-4-14(10)22/h1-4,7-9H,5-6H2,(H,24,26)/b16-7-. The number of nitrogens with one attached hydrogen (secondary N) is 1. The van der Waals surface area contributed by atoms with Gasteiger partial charge in [-0.15, -0.1) is 0 Å². The Labute approximate surface area is 178 Å². The van der Waals surface area contributed by atoms with Crippen LogP contribution < -0.4 is 5.32 Å². The number of hydrogen-bond acceptors (Lipinski definition) is 4. The van der Waals surface area contributed by atoms with E-state index in [9.17, 15) is 23.2 Å². The van der Waals surface area contributed by atoms with E-state index < -0.39 is 28.7 Å². The maximum atomic E-state index is 13.7. The second-order valence-electron chi connectivity index (χ2n) is 5.86. The van der Waals surface area contributed by atoms with Crippen molar-refractivity contribution >= 4 is 58.1 Å². The SMILES string of the molecule is O=C(NCCN1C(=O)S/C(=C\c2ccccc2F)C1=O)c1cc(F)c(Cl)cc1Cl. The van der Waals surface area contributed by atoms with E-state index in [4.69, 9.17) is 23.2 Å². The molecule has 0 bridgehead atoms. The lowest BCUT2D eigenvalue weighted by molar-refractivity contribution is -0.122. The van der Waals surface area contributed by atoms with Crippen molar-refractivity contribution in [3.63, 3.8) is 0 Å². The first kappa shape index (κ1) is 21.3. The minimum absolute atomic E-state index is 0.0344. The van der Waals surface area contributed by atoms with E-state index in [2.05, 4.69) is 5.32 Å². The highest BCUT2D eigenvalue weighted by atomic mass is 35.5. The Hall–Kier alpha value is -2.42. The van der Waals surface area contributed by atoms with Gasteiger partial charge in [0.05, 0.1) is 20.5 Å². The van der Waals surface area contributed by atoms with Crippen molar-refractivity contribution < 1.29 is 23.2 Å². The second-order valence-corrected chi connectivity index (χ2v) is 7.66. The Bertz CT molecular complexity index is 1050. The van der Waals surface area contributed by atoms with Gasteiger partial charge in [-0.3, -0.25) is 19.3 Å². The fraction of sp³-hybridized carbons (Fsp3) is 0.105. The fourth-order valence-electron chi connectivity index (χ4n) is 2.50. The third-order valence-corrected chi connectivity index (χ3v) is 5.45. The number of imide groups is 1. The largest absolute Gasteiger partial charge is 0.350 e. The summed E-state index contributed by atoms with van der Waals surface area (Å²) in [6.45, 7) is -0.191. The second kappa shape index (κ2) is 8.94. The molecular formula is C19H12Cl2F2N2O3S. The van der Waals surface area contributed by atoms with Gasteiger partial charge in [-0.2, -0.15) is 0 Å². The number of amides is 3. The fourth-order valence-corrected chi connectivity index (χ4v) is 3.82. The van der Waals surface area contributed by atoms with Gasteiger partial charge in [0.2, 0.25) is 0 Å². The minimum Gasteiger partial charge on any atom is -0.350 e. The van der Waals surface area contributed by atoms with Crippen LogP contribution in [0.4, 0.5) is 13.6 Å². The quantitative estimate of drug-likeness (QED) is 0.521. The van der Waals surface area contributed by atoms with Gasteiger partial charge in [0.15, 0.2) is 0 Å². The van der Waals surface area contributed by atoms with E-state index in [0.717, 1.165) is 17.0 Å². The number of carbonyl (C=O) groups is 3. The molecule has 1 aliphatic rings. The lowest BCUT2D eigenvalue weighted by Crippen LogP contribution is -2.37. The summed E-state index contributed by atoms with van der Waals surface area (Å²) in [5, 5.41) is 1.67. The van der Waals surface area contributed by atoms with Crippen molar-refractivity contribution in [1.29, 1.82) is 0 Å². The summed E-state index contributed by atoms with van der Waals surface area (Å²) in [7, 11) is 0. The Morgan fingerprint density at radius 3 is 2.55 bits per heavy atom. The van der Waals surface area contributed by atoms with Gasteiger partial charge in [0, 0.05) is 18.7 Å². The predicted molar refractivity (Wildman–Crippen MR) is 108 cm³/mol. The number of nitrogens with zero attached hydrogens (tertiary/aromatic N) is 1. The Morgan fingerprint density at radius 1 is 1.10 bits per heavy atom. The monoisotopic (exact) mass is 456 g/mol. The molecule has 0 radical (unpaired) electrons. The van der Waals surface area contributed by atoms with Gasteiger partial charge in [0.25, 0.3) is 17.1 Å². The zero-order valence-corrected chi connectivity index (χ0v) is 16.9. The Kier molecular flexibility index (Phi) is 6.56. The molecule has 0 atom stereocenters. The van der Waals surface area contributed by atoms with E-state index in [1.54, 1.807) is 6.07 Å². The summed E-state index contributed by atoms with van der Waals surface area (Å²) < 4.78 is 27.3. The summed E-state index contributed by atoms with van der Waals surface area (Å²) in [6.07, 6.45) is 1.30. The zero-order chi connectivity index (χ0) is 21.1. The first-order valence-corrected chi connectivity index (χ1v) is 9.78. The molecule has 0 unspecified atom stereocenters. The molecule has 10 heteroatoms. The third kappa shape index (κ3) is 4.77. The Morgan fingerprint density at radius 2 is 1.83 bits per heavy atom. The summed E-state index contributed by atoms with van der Waals surface area (Å²) in [4.78, 5) is 37.7. The summed E-state index contributed by atoms with van der Waals surface area (Å²) in [5.74, 6) is -2.59. The zero-order valence-electron chi connectivity index (χ0n) is 14.5. The molecule has 29 heavy (non-hydrogen) atoms. The molecule has 0 saturated carbocycles. The van der Waals surface area contributed by atoms with Crippen LogP contribution in [0.3, 0.4) is 0 Å². The van der Waals surface area contributed by atoms with Crippen LogP contribution in [-0.4, -0.2) is 35.0 Å². The van der Waals surface area contributed by atoms with Gasteiger partial charge in [-0.05, 0) is 36.0 Å². The summed E-state index contributed by atoms with van der Waals surface area (Å²) in [5.41, 5.74) is 0.0628. The van der Waals surface area contributed by atoms with E-state index in [0.29, 0.717) is 11.8 Å². The molecule has 5 nitrogen and oxygen atoms in total. The molecule has 0 aliphatic carbocycles. The first-order chi connectivity index (χ1) is 13.8. The number of carbonyl (C=O) groups excluding carboxylic acids is 3. The molecule has 3 rings (SSSR count). The molecule has 2 aromatic rings. The molecular weight excluding hydrogens is 445 g/mol. The lowest BCUT2D eigenvalue weighted by atomic mass is 10.2. The number of hydrogen-bond donors (Lipinski definition) is 1. The van der Waals surface area contributed by atoms with Crippen LogP contribution in [-0.2, 0) is 4.79 Å². The van der Waals surface area contributed by atoms with Crippen molar-refractivity contribution in [3.05, 3.63) is 74.1 Å². The van der Waals surface area contributed by atoms with Gasteiger partial charge in [-0.1, -0.05) is 41.4 Å². The average molecular weight is 457 g/mol. The number of rotatable bonds is 5. The van der Waals surface area contributed by atoms with Crippen molar-refractivity contribution in [2.75, 3.05) is 13.1 Å².